The van der Waals surface area contributed by atoms with E-state index in [1.165, 1.54) is 77.2 Å². The zero-order valence-electron chi connectivity index (χ0n) is 13.8. The maximum atomic E-state index is 2.32. The quantitative estimate of drug-likeness (QED) is 0.350. The standard InChI is InChI=1S/C18H35N2/c1-3-5-6-7-8-9-10-11-12-13-14-15-20-17-16-19(4-2)18-20/h16-18H,3-15H2,1-2H3/q+1. The van der Waals surface area contributed by atoms with Gasteiger partial charge in [-0.15, -0.1) is 0 Å². The van der Waals surface area contributed by atoms with Gasteiger partial charge >= 0.3 is 0 Å². The molecule has 0 saturated carbocycles. The fraction of sp³-hybridized carbons (Fsp3) is 0.833. The molecule has 0 bridgehead atoms. The van der Waals surface area contributed by atoms with Crippen LogP contribution in [0.4, 0.5) is 0 Å². The van der Waals surface area contributed by atoms with Crippen molar-refractivity contribution in [1.29, 1.82) is 0 Å². The van der Waals surface area contributed by atoms with Crippen LogP contribution in [0.2, 0.25) is 0 Å². The molecule has 1 aromatic rings. The van der Waals surface area contributed by atoms with E-state index in [1.54, 1.807) is 0 Å². The molecule has 0 aromatic carbocycles. The molecule has 0 atom stereocenters. The molecule has 0 spiro atoms. The summed E-state index contributed by atoms with van der Waals surface area (Å²) >= 11 is 0. The predicted octanol–water partition coefficient (Wildman–Crippen LogP) is 5.11. The van der Waals surface area contributed by atoms with Crippen molar-refractivity contribution in [2.24, 2.45) is 0 Å². The molecule has 116 valence electrons. The molecule has 0 unspecified atom stereocenters. The maximum absolute atomic E-state index is 2.32. The summed E-state index contributed by atoms with van der Waals surface area (Å²) in [6, 6.07) is 0. The van der Waals surface area contributed by atoms with E-state index in [-0.39, 0.29) is 0 Å². The van der Waals surface area contributed by atoms with Gasteiger partial charge in [0.15, 0.2) is 0 Å². The van der Waals surface area contributed by atoms with Gasteiger partial charge in [-0.3, -0.25) is 0 Å². The largest absolute Gasteiger partial charge is 0.243 e. The first kappa shape index (κ1) is 17.3. The molecule has 20 heavy (non-hydrogen) atoms. The highest BCUT2D eigenvalue weighted by atomic mass is 15.1. The molecule has 0 aliphatic rings. The van der Waals surface area contributed by atoms with E-state index in [4.69, 9.17) is 0 Å². The molecular formula is C18H35N2+. The summed E-state index contributed by atoms with van der Waals surface area (Å²) < 4.78 is 4.55. The zero-order chi connectivity index (χ0) is 14.5. The number of aromatic nitrogens is 2. The number of hydrogen-bond acceptors (Lipinski definition) is 0. The average molecular weight is 279 g/mol. The third-order valence-corrected chi connectivity index (χ3v) is 4.13. The van der Waals surface area contributed by atoms with Crippen LogP contribution in [0.15, 0.2) is 18.7 Å². The first-order valence-corrected chi connectivity index (χ1v) is 8.91. The van der Waals surface area contributed by atoms with Gasteiger partial charge < -0.3 is 0 Å². The zero-order valence-corrected chi connectivity index (χ0v) is 13.8. The first-order chi connectivity index (χ1) is 9.86. The second kappa shape index (κ2) is 12.0. The van der Waals surface area contributed by atoms with Crippen LogP contribution in [0.1, 0.15) is 84.5 Å². The van der Waals surface area contributed by atoms with E-state index in [1.807, 2.05) is 0 Å². The van der Waals surface area contributed by atoms with Gasteiger partial charge in [-0.05, 0) is 19.8 Å². The SMILES string of the molecule is CCCCCCCCCCCCC[n+]1ccn(CC)c1. The molecule has 1 aromatic heterocycles. The summed E-state index contributed by atoms with van der Waals surface area (Å²) in [5.74, 6) is 0. The Balaban J connectivity index is 1.83. The Labute approximate surface area is 126 Å². The van der Waals surface area contributed by atoms with Crippen LogP contribution in [0.5, 0.6) is 0 Å². The van der Waals surface area contributed by atoms with Crippen molar-refractivity contribution in [1.82, 2.24) is 4.57 Å². The molecule has 0 fully saturated rings. The normalized spacial score (nSPS) is 11.1. The lowest BCUT2D eigenvalue weighted by atomic mass is 10.1. The topological polar surface area (TPSA) is 8.81 Å². The Morgan fingerprint density at radius 1 is 0.750 bits per heavy atom. The summed E-state index contributed by atoms with van der Waals surface area (Å²) in [5.41, 5.74) is 0. The van der Waals surface area contributed by atoms with E-state index in [0.29, 0.717) is 0 Å². The van der Waals surface area contributed by atoms with Crippen molar-refractivity contribution in [3.8, 4) is 0 Å². The molecule has 0 aliphatic heterocycles. The van der Waals surface area contributed by atoms with Gasteiger partial charge in [0, 0.05) is 0 Å². The van der Waals surface area contributed by atoms with Gasteiger partial charge in [0.2, 0.25) is 6.33 Å². The number of aryl methyl sites for hydroxylation is 2. The molecule has 0 saturated heterocycles. The third kappa shape index (κ3) is 8.39. The van der Waals surface area contributed by atoms with E-state index >= 15 is 0 Å². The van der Waals surface area contributed by atoms with Gasteiger partial charge in [0.25, 0.3) is 0 Å². The fourth-order valence-corrected chi connectivity index (χ4v) is 2.72. The lowest BCUT2D eigenvalue weighted by molar-refractivity contribution is -0.696. The van der Waals surface area contributed by atoms with Crippen LogP contribution >= 0.6 is 0 Å². The van der Waals surface area contributed by atoms with Crippen molar-refractivity contribution >= 4 is 0 Å². The second-order valence-corrected chi connectivity index (χ2v) is 6.02. The molecule has 0 aliphatic carbocycles. The van der Waals surface area contributed by atoms with Crippen LogP contribution in [0.3, 0.4) is 0 Å². The van der Waals surface area contributed by atoms with Crippen LogP contribution in [0, 0.1) is 0 Å². The predicted molar refractivity (Wildman–Crippen MR) is 86.8 cm³/mol. The summed E-state index contributed by atoms with van der Waals surface area (Å²) in [4.78, 5) is 0. The minimum atomic E-state index is 1.07. The number of imidazole rings is 1. The minimum Gasteiger partial charge on any atom is -0.237 e. The van der Waals surface area contributed by atoms with E-state index < -0.39 is 0 Å². The van der Waals surface area contributed by atoms with Crippen LogP contribution in [-0.4, -0.2) is 4.57 Å². The Kier molecular flexibility index (Phi) is 10.3. The Bertz CT molecular complexity index is 317. The second-order valence-electron chi connectivity index (χ2n) is 6.02. The van der Waals surface area contributed by atoms with Crippen molar-refractivity contribution < 1.29 is 4.57 Å². The fourth-order valence-electron chi connectivity index (χ4n) is 2.72. The van der Waals surface area contributed by atoms with Crippen molar-refractivity contribution in [2.45, 2.75) is 97.6 Å². The lowest BCUT2D eigenvalue weighted by Gasteiger charge is -2.02. The minimum absolute atomic E-state index is 1.07. The van der Waals surface area contributed by atoms with Crippen LogP contribution in [0.25, 0.3) is 0 Å². The van der Waals surface area contributed by atoms with Crippen molar-refractivity contribution in [3.05, 3.63) is 18.7 Å². The Hall–Kier alpha value is -0.790. The van der Waals surface area contributed by atoms with E-state index in [9.17, 15) is 0 Å². The van der Waals surface area contributed by atoms with Gasteiger partial charge in [-0.1, -0.05) is 64.7 Å². The molecule has 0 N–H and O–H groups in total. The van der Waals surface area contributed by atoms with E-state index in [0.717, 1.165) is 6.54 Å². The molecule has 2 heteroatoms. The van der Waals surface area contributed by atoms with Crippen molar-refractivity contribution in [3.63, 3.8) is 0 Å². The summed E-state index contributed by atoms with van der Waals surface area (Å²) in [6.07, 6.45) is 22.2. The Morgan fingerprint density at radius 3 is 1.80 bits per heavy atom. The smallest absolute Gasteiger partial charge is 0.237 e. The summed E-state index contributed by atoms with van der Waals surface area (Å²) in [6.45, 7) is 6.73. The molecule has 2 nitrogen and oxygen atoms in total. The average Bonchev–Trinajstić information content (AvgIpc) is 2.93. The molecular weight excluding hydrogens is 244 g/mol. The number of hydrogen-bond donors (Lipinski definition) is 0. The van der Waals surface area contributed by atoms with Crippen LogP contribution < -0.4 is 4.57 Å². The first-order valence-electron chi connectivity index (χ1n) is 8.91. The monoisotopic (exact) mass is 279 g/mol. The number of nitrogens with zero attached hydrogens (tertiary/aromatic N) is 2. The van der Waals surface area contributed by atoms with E-state index in [2.05, 4.69) is 41.7 Å². The lowest BCUT2D eigenvalue weighted by Crippen LogP contribution is -2.30. The molecule has 1 rings (SSSR count). The molecule has 1 heterocycles. The molecule has 0 amide bonds. The summed E-state index contributed by atoms with van der Waals surface area (Å²) in [7, 11) is 0. The number of rotatable bonds is 13. The van der Waals surface area contributed by atoms with Gasteiger partial charge in [-0.2, -0.15) is 0 Å². The molecule has 0 radical (unpaired) electrons. The van der Waals surface area contributed by atoms with Crippen LogP contribution in [-0.2, 0) is 13.1 Å². The van der Waals surface area contributed by atoms with Gasteiger partial charge in [0.05, 0.1) is 13.1 Å². The van der Waals surface area contributed by atoms with Gasteiger partial charge in [-0.25, -0.2) is 9.13 Å². The summed E-state index contributed by atoms with van der Waals surface area (Å²) in [5, 5.41) is 0. The Morgan fingerprint density at radius 2 is 1.30 bits per heavy atom. The van der Waals surface area contributed by atoms with Crippen molar-refractivity contribution in [2.75, 3.05) is 0 Å². The highest BCUT2D eigenvalue weighted by Gasteiger charge is 2.00. The highest BCUT2D eigenvalue weighted by molar-refractivity contribution is 4.64. The highest BCUT2D eigenvalue weighted by Crippen LogP contribution is 2.11. The number of unbranched alkanes of at least 4 members (excludes halogenated alkanes) is 10. The maximum Gasteiger partial charge on any atom is 0.243 e. The van der Waals surface area contributed by atoms with Gasteiger partial charge in [0.1, 0.15) is 12.4 Å². The third-order valence-electron chi connectivity index (χ3n) is 4.13.